The van der Waals surface area contributed by atoms with Crippen LogP contribution in [0.1, 0.15) is 19.4 Å². The van der Waals surface area contributed by atoms with Gasteiger partial charge in [0.2, 0.25) is 0 Å². The molecule has 6 heteroatoms. The fourth-order valence-corrected chi connectivity index (χ4v) is 2.21. The molecule has 0 aliphatic rings. The van der Waals surface area contributed by atoms with E-state index in [1.54, 1.807) is 19.2 Å². The SMILES string of the molecule is COCC(NCc1cc(Br)ccc1OC(F)F)C(C)C. The molecule has 0 aliphatic carbocycles. The number of methoxy groups -OCH3 is 1. The summed E-state index contributed by atoms with van der Waals surface area (Å²) < 4.78 is 35.2. The third-order valence-corrected chi connectivity index (χ3v) is 3.44. The van der Waals surface area contributed by atoms with Crippen LogP contribution in [0.3, 0.4) is 0 Å². The molecule has 114 valence electrons. The summed E-state index contributed by atoms with van der Waals surface area (Å²) >= 11 is 3.33. The average Bonchev–Trinajstić information content (AvgIpc) is 2.36. The van der Waals surface area contributed by atoms with Gasteiger partial charge in [0.05, 0.1) is 6.61 Å². The van der Waals surface area contributed by atoms with Gasteiger partial charge in [-0.3, -0.25) is 0 Å². The fourth-order valence-electron chi connectivity index (χ4n) is 1.80. The second-order valence-electron chi connectivity index (χ2n) is 4.82. The highest BCUT2D eigenvalue weighted by Crippen LogP contribution is 2.25. The number of ether oxygens (including phenoxy) is 2. The van der Waals surface area contributed by atoms with E-state index < -0.39 is 6.61 Å². The van der Waals surface area contributed by atoms with Gasteiger partial charge in [-0.05, 0) is 24.1 Å². The second kappa shape index (κ2) is 8.54. The van der Waals surface area contributed by atoms with E-state index in [0.717, 1.165) is 4.47 Å². The molecular weight excluding hydrogens is 332 g/mol. The van der Waals surface area contributed by atoms with Crippen LogP contribution in [0.25, 0.3) is 0 Å². The monoisotopic (exact) mass is 351 g/mol. The lowest BCUT2D eigenvalue weighted by Crippen LogP contribution is -2.37. The highest BCUT2D eigenvalue weighted by Gasteiger charge is 2.15. The van der Waals surface area contributed by atoms with Crippen LogP contribution in [0.5, 0.6) is 5.75 Å². The molecule has 3 nitrogen and oxygen atoms in total. The van der Waals surface area contributed by atoms with Crippen LogP contribution >= 0.6 is 15.9 Å². The lowest BCUT2D eigenvalue weighted by Gasteiger charge is -2.22. The van der Waals surface area contributed by atoms with Crippen molar-refractivity contribution in [1.29, 1.82) is 0 Å². The molecule has 1 aromatic carbocycles. The van der Waals surface area contributed by atoms with Gasteiger partial charge in [0, 0.05) is 29.7 Å². The highest BCUT2D eigenvalue weighted by atomic mass is 79.9. The predicted octanol–water partition coefficient (Wildman–Crippen LogP) is 3.81. The summed E-state index contributed by atoms with van der Waals surface area (Å²) in [5.74, 6) is 0.567. The summed E-state index contributed by atoms with van der Waals surface area (Å²) in [6.45, 7) is 2.34. The first-order chi connectivity index (χ1) is 9.43. The van der Waals surface area contributed by atoms with Gasteiger partial charge in [-0.15, -0.1) is 0 Å². The summed E-state index contributed by atoms with van der Waals surface area (Å²) in [5, 5.41) is 3.31. The number of alkyl halides is 2. The summed E-state index contributed by atoms with van der Waals surface area (Å²) in [7, 11) is 1.64. The van der Waals surface area contributed by atoms with E-state index in [2.05, 4.69) is 39.8 Å². The molecule has 0 radical (unpaired) electrons. The van der Waals surface area contributed by atoms with Crippen molar-refractivity contribution in [3.63, 3.8) is 0 Å². The molecule has 0 saturated heterocycles. The summed E-state index contributed by atoms with van der Waals surface area (Å²) in [6.07, 6.45) is 0. The molecule has 1 N–H and O–H groups in total. The maximum Gasteiger partial charge on any atom is 0.387 e. The van der Waals surface area contributed by atoms with Gasteiger partial charge < -0.3 is 14.8 Å². The molecule has 1 rings (SSSR count). The zero-order valence-corrected chi connectivity index (χ0v) is 13.4. The van der Waals surface area contributed by atoms with Gasteiger partial charge in [-0.25, -0.2) is 0 Å². The Bertz CT molecular complexity index is 416. The molecule has 1 atom stereocenters. The summed E-state index contributed by atoms with van der Waals surface area (Å²) in [5.41, 5.74) is 0.682. The lowest BCUT2D eigenvalue weighted by atomic mass is 10.0. The Morgan fingerprint density at radius 1 is 1.30 bits per heavy atom. The minimum absolute atomic E-state index is 0.151. The van der Waals surface area contributed by atoms with Crippen LogP contribution in [0, 0.1) is 5.92 Å². The fraction of sp³-hybridized carbons (Fsp3) is 0.571. The lowest BCUT2D eigenvalue weighted by molar-refractivity contribution is -0.0505. The van der Waals surface area contributed by atoms with Crippen molar-refractivity contribution in [2.24, 2.45) is 5.92 Å². The number of rotatable bonds is 8. The van der Waals surface area contributed by atoms with E-state index in [4.69, 9.17) is 4.74 Å². The maximum atomic E-state index is 12.4. The smallest absolute Gasteiger partial charge is 0.387 e. The van der Waals surface area contributed by atoms with E-state index in [-0.39, 0.29) is 11.8 Å². The van der Waals surface area contributed by atoms with Crippen LogP contribution in [0.4, 0.5) is 8.78 Å². The van der Waals surface area contributed by atoms with E-state index in [1.807, 2.05) is 0 Å². The molecule has 0 spiro atoms. The van der Waals surface area contributed by atoms with Gasteiger partial charge in [0.15, 0.2) is 0 Å². The van der Waals surface area contributed by atoms with E-state index in [1.165, 1.54) is 6.07 Å². The van der Waals surface area contributed by atoms with Crippen molar-refractivity contribution in [1.82, 2.24) is 5.32 Å². The Labute approximate surface area is 126 Å². The van der Waals surface area contributed by atoms with Gasteiger partial charge in [0.25, 0.3) is 0 Å². The number of hydrogen-bond acceptors (Lipinski definition) is 3. The molecule has 1 aromatic rings. The molecular formula is C14H20BrF2NO2. The molecule has 20 heavy (non-hydrogen) atoms. The molecule has 0 saturated carbocycles. The second-order valence-corrected chi connectivity index (χ2v) is 5.73. The minimum atomic E-state index is -2.82. The Kier molecular flexibility index (Phi) is 7.40. The number of nitrogens with one attached hydrogen (secondary N) is 1. The van der Waals surface area contributed by atoms with Gasteiger partial charge in [0.1, 0.15) is 5.75 Å². The first kappa shape index (κ1) is 17.3. The first-order valence-corrected chi connectivity index (χ1v) is 7.19. The first-order valence-electron chi connectivity index (χ1n) is 6.39. The Morgan fingerprint density at radius 3 is 2.55 bits per heavy atom. The highest BCUT2D eigenvalue weighted by molar-refractivity contribution is 9.10. The maximum absolute atomic E-state index is 12.4. The number of hydrogen-bond donors (Lipinski definition) is 1. The normalized spacial score (nSPS) is 13.0. The Hall–Kier alpha value is -0.720. The predicted molar refractivity (Wildman–Crippen MR) is 78.1 cm³/mol. The van der Waals surface area contributed by atoms with Crippen LogP contribution in [0.15, 0.2) is 22.7 Å². The molecule has 0 heterocycles. The standard InChI is InChI=1S/C14H20BrF2NO2/c1-9(2)12(8-19-3)18-7-10-6-11(15)4-5-13(10)20-14(16)17/h4-6,9,12,14,18H,7-8H2,1-3H3. The third-order valence-electron chi connectivity index (χ3n) is 2.94. The van der Waals surface area contributed by atoms with Crippen LogP contribution in [-0.4, -0.2) is 26.4 Å². The van der Waals surface area contributed by atoms with Gasteiger partial charge in [-0.1, -0.05) is 29.8 Å². The van der Waals surface area contributed by atoms with Crippen molar-refractivity contribution in [2.45, 2.75) is 33.0 Å². The van der Waals surface area contributed by atoms with Crippen LogP contribution < -0.4 is 10.1 Å². The molecule has 0 fully saturated rings. The third kappa shape index (κ3) is 5.73. The molecule has 0 bridgehead atoms. The van der Waals surface area contributed by atoms with Crippen molar-refractivity contribution in [3.05, 3.63) is 28.2 Å². The Balaban J connectivity index is 2.76. The zero-order valence-electron chi connectivity index (χ0n) is 11.8. The average molecular weight is 352 g/mol. The molecule has 0 aromatic heterocycles. The van der Waals surface area contributed by atoms with Gasteiger partial charge >= 0.3 is 6.61 Å². The van der Waals surface area contributed by atoms with Crippen molar-refractivity contribution in [3.8, 4) is 5.75 Å². The zero-order chi connectivity index (χ0) is 15.1. The number of halogens is 3. The van der Waals surface area contributed by atoms with E-state index >= 15 is 0 Å². The van der Waals surface area contributed by atoms with Crippen LogP contribution in [-0.2, 0) is 11.3 Å². The largest absolute Gasteiger partial charge is 0.434 e. The van der Waals surface area contributed by atoms with Crippen molar-refractivity contribution in [2.75, 3.05) is 13.7 Å². The number of benzene rings is 1. The van der Waals surface area contributed by atoms with Crippen molar-refractivity contribution >= 4 is 15.9 Å². The molecule has 0 amide bonds. The van der Waals surface area contributed by atoms with Crippen LogP contribution in [0.2, 0.25) is 0 Å². The topological polar surface area (TPSA) is 30.5 Å². The Morgan fingerprint density at radius 2 is 2.00 bits per heavy atom. The summed E-state index contributed by atoms with van der Waals surface area (Å²) in [6, 6.07) is 5.14. The summed E-state index contributed by atoms with van der Waals surface area (Å²) in [4.78, 5) is 0. The quantitative estimate of drug-likeness (QED) is 0.772. The van der Waals surface area contributed by atoms with Gasteiger partial charge in [-0.2, -0.15) is 8.78 Å². The van der Waals surface area contributed by atoms with E-state index in [9.17, 15) is 8.78 Å². The van der Waals surface area contributed by atoms with Crippen molar-refractivity contribution < 1.29 is 18.3 Å². The van der Waals surface area contributed by atoms with E-state index in [0.29, 0.717) is 24.6 Å². The molecule has 1 unspecified atom stereocenters. The minimum Gasteiger partial charge on any atom is -0.434 e. The molecule has 0 aliphatic heterocycles.